The molecule has 0 aromatic heterocycles. The fourth-order valence-corrected chi connectivity index (χ4v) is 1.46. The van der Waals surface area contributed by atoms with Gasteiger partial charge >= 0.3 is 6.03 Å². The number of hydrogen-bond donors (Lipinski definition) is 2. The van der Waals surface area contributed by atoms with Crippen LogP contribution >= 0.6 is 11.6 Å². The van der Waals surface area contributed by atoms with Crippen molar-refractivity contribution in [3.05, 3.63) is 11.6 Å². The monoisotopic (exact) mass is 216 g/mol. The first-order valence-corrected chi connectivity index (χ1v) is 4.42. The van der Waals surface area contributed by atoms with Crippen LogP contribution in [0.4, 0.5) is 4.79 Å². The van der Waals surface area contributed by atoms with Gasteiger partial charge in [-0.3, -0.25) is 20.2 Å². The second-order valence-corrected chi connectivity index (χ2v) is 3.21. The number of allylic oxidation sites excluding steroid dienone is 1. The normalized spacial score (nSPS) is 20.9. The molecule has 0 radical (unpaired) electrons. The summed E-state index contributed by atoms with van der Waals surface area (Å²) in [7, 11) is 0. The molecule has 1 unspecified atom stereocenters. The highest BCUT2D eigenvalue weighted by atomic mass is 35.5. The number of barbiturate groups is 1. The van der Waals surface area contributed by atoms with Gasteiger partial charge in [0.1, 0.15) is 5.92 Å². The second-order valence-electron chi connectivity index (χ2n) is 2.96. The molecule has 1 fully saturated rings. The van der Waals surface area contributed by atoms with Gasteiger partial charge in [0.15, 0.2) is 0 Å². The van der Waals surface area contributed by atoms with Crippen molar-refractivity contribution >= 4 is 29.4 Å². The number of amides is 4. The molecule has 14 heavy (non-hydrogen) atoms. The molecule has 4 amide bonds. The van der Waals surface area contributed by atoms with E-state index in [0.29, 0.717) is 0 Å². The first-order valence-electron chi connectivity index (χ1n) is 3.99. The Balaban J connectivity index is 2.82. The first-order chi connectivity index (χ1) is 6.56. The zero-order valence-electron chi connectivity index (χ0n) is 7.41. The Morgan fingerprint density at radius 1 is 1.29 bits per heavy atom. The van der Waals surface area contributed by atoms with Gasteiger partial charge in [-0.25, -0.2) is 4.79 Å². The van der Waals surface area contributed by atoms with Crippen LogP contribution in [-0.2, 0) is 9.59 Å². The molecule has 0 aromatic rings. The summed E-state index contributed by atoms with van der Waals surface area (Å²) in [6.45, 7) is 1.67. The van der Waals surface area contributed by atoms with Gasteiger partial charge in [-0.2, -0.15) is 0 Å². The van der Waals surface area contributed by atoms with Crippen molar-refractivity contribution < 1.29 is 14.4 Å². The first kappa shape index (κ1) is 10.7. The highest BCUT2D eigenvalue weighted by Crippen LogP contribution is 2.16. The molecule has 6 heteroatoms. The number of halogens is 1. The van der Waals surface area contributed by atoms with Gasteiger partial charge in [0.05, 0.1) is 0 Å². The maximum absolute atomic E-state index is 11.3. The van der Waals surface area contributed by atoms with Crippen molar-refractivity contribution in [1.82, 2.24) is 10.6 Å². The largest absolute Gasteiger partial charge is 0.328 e. The van der Waals surface area contributed by atoms with E-state index in [4.69, 9.17) is 11.6 Å². The van der Waals surface area contributed by atoms with E-state index in [1.54, 1.807) is 6.92 Å². The number of urea groups is 1. The zero-order chi connectivity index (χ0) is 10.7. The summed E-state index contributed by atoms with van der Waals surface area (Å²) in [6.07, 6.45) is 1.52. The summed E-state index contributed by atoms with van der Waals surface area (Å²) in [4.78, 5) is 33.2. The van der Waals surface area contributed by atoms with E-state index in [0.717, 1.165) is 0 Å². The highest BCUT2D eigenvalue weighted by molar-refractivity contribution is 6.25. The average molecular weight is 217 g/mol. The van der Waals surface area contributed by atoms with E-state index >= 15 is 0 Å². The molecule has 1 aliphatic rings. The van der Waals surface area contributed by atoms with Crippen LogP contribution in [-0.4, -0.2) is 17.8 Å². The van der Waals surface area contributed by atoms with Gasteiger partial charge < -0.3 is 0 Å². The number of carbonyl (C=O) groups excluding carboxylic acids is 3. The number of carbonyl (C=O) groups is 3. The molecule has 5 nitrogen and oxygen atoms in total. The molecule has 1 rings (SSSR count). The van der Waals surface area contributed by atoms with E-state index in [-0.39, 0.29) is 5.92 Å². The van der Waals surface area contributed by atoms with Gasteiger partial charge in [0.25, 0.3) is 0 Å². The predicted octanol–water partition coefficient (Wildman–Crippen LogP) is 0.357. The maximum Gasteiger partial charge on any atom is 0.328 e. The lowest BCUT2D eigenvalue weighted by atomic mass is 9.91. The van der Waals surface area contributed by atoms with Crippen LogP contribution in [0.1, 0.15) is 6.92 Å². The molecule has 0 aliphatic carbocycles. The smallest absolute Gasteiger partial charge is 0.277 e. The minimum atomic E-state index is -0.900. The molecular formula is C8H9ClN2O3. The van der Waals surface area contributed by atoms with Crippen molar-refractivity contribution in [3.8, 4) is 0 Å². The zero-order valence-corrected chi connectivity index (χ0v) is 8.17. The van der Waals surface area contributed by atoms with Crippen LogP contribution in [0.15, 0.2) is 11.6 Å². The van der Waals surface area contributed by atoms with Gasteiger partial charge in [-0.1, -0.05) is 24.6 Å². The SMILES string of the molecule is CC(/C=C/Cl)C1C(=O)NC(=O)NC1=O. The number of imide groups is 2. The summed E-state index contributed by atoms with van der Waals surface area (Å²) in [5.41, 5.74) is 1.24. The van der Waals surface area contributed by atoms with Crippen molar-refractivity contribution in [2.45, 2.75) is 6.92 Å². The molecule has 76 valence electrons. The quantitative estimate of drug-likeness (QED) is 0.655. The Kier molecular flexibility index (Phi) is 3.24. The second kappa shape index (κ2) is 4.23. The van der Waals surface area contributed by atoms with Crippen molar-refractivity contribution in [2.75, 3.05) is 0 Å². The third-order valence-corrected chi connectivity index (χ3v) is 2.09. The summed E-state index contributed by atoms with van der Waals surface area (Å²) in [5.74, 6) is -2.44. The fraction of sp³-hybridized carbons (Fsp3) is 0.375. The van der Waals surface area contributed by atoms with Crippen LogP contribution in [0.2, 0.25) is 0 Å². The third-order valence-electron chi connectivity index (χ3n) is 1.94. The van der Waals surface area contributed by atoms with Crippen LogP contribution in [0.3, 0.4) is 0 Å². The van der Waals surface area contributed by atoms with E-state index in [1.807, 2.05) is 10.6 Å². The highest BCUT2D eigenvalue weighted by Gasteiger charge is 2.36. The lowest BCUT2D eigenvalue weighted by molar-refractivity contribution is -0.137. The van der Waals surface area contributed by atoms with E-state index in [2.05, 4.69) is 0 Å². The van der Waals surface area contributed by atoms with Gasteiger partial charge in [0.2, 0.25) is 11.8 Å². The van der Waals surface area contributed by atoms with Gasteiger partial charge in [0, 0.05) is 5.54 Å². The lowest BCUT2D eigenvalue weighted by Crippen LogP contribution is -2.57. The Labute approximate surface area is 85.5 Å². The van der Waals surface area contributed by atoms with Crippen molar-refractivity contribution in [1.29, 1.82) is 0 Å². The summed E-state index contributed by atoms with van der Waals surface area (Å²) in [5, 5.41) is 4.02. The molecule has 0 saturated carbocycles. The lowest BCUT2D eigenvalue weighted by Gasteiger charge is -2.23. The van der Waals surface area contributed by atoms with Crippen molar-refractivity contribution in [2.24, 2.45) is 11.8 Å². The van der Waals surface area contributed by atoms with Gasteiger partial charge in [-0.15, -0.1) is 0 Å². The topological polar surface area (TPSA) is 75.3 Å². The molecule has 0 bridgehead atoms. The minimum Gasteiger partial charge on any atom is -0.277 e. The molecule has 2 N–H and O–H groups in total. The molecule has 1 heterocycles. The Hall–Kier alpha value is -1.36. The van der Waals surface area contributed by atoms with Crippen LogP contribution in [0, 0.1) is 11.8 Å². The predicted molar refractivity (Wildman–Crippen MR) is 49.3 cm³/mol. The van der Waals surface area contributed by atoms with Crippen molar-refractivity contribution in [3.63, 3.8) is 0 Å². The summed E-state index contributed by atoms with van der Waals surface area (Å²) < 4.78 is 0. The van der Waals surface area contributed by atoms with E-state index in [9.17, 15) is 14.4 Å². The Morgan fingerprint density at radius 2 is 1.79 bits per heavy atom. The molecule has 1 aliphatic heterocycles. The molecule has 0 aromatic carbocycles. The minimum absolute atomic E-state index is 0.347. The third kappa shape index (κ3) is 2.11. The van der Waals surface area contributed by atoms with E-state index in [1.165, 1.54) is 11.6 Å². The molecular weight excluding hydrogens is 208 g/mol. The Morgan fingerprint density at radius 3 is 2.21 bits per heavy atom. The van der Waals surface area contributed by atoms with Gasteiger partial charge in [-0.05, 0) is 5.92 Å². The van der Waals surface area contributed by atoms with Crippen LogP contribution in [0.25, 0.3) is 0 Å². The number of rotatable bonds is 2. The molecule has 0 spiro atoms. The van der Waals surface area contributed by atoms with Crippen LogP contribution < -0.4 is 10.6 Å². The molecule has 1 saturated heterocycles. The fourth-order valence-electron chi connectivity index (χ4n) is 1.23. The average Bonchev–Trinajstić information content (AvgIpc) is 2.01. The standard InChI is InChI=1S/C8H9ClN2O3/c1-4(2-3-9)5-6(12)10-8(14)11-7(5)13/h2-5H,1H3,(H2,10,11,12,13,14)/b3-2+. The molecule has 1 atom stereocenters. The number of nitrogens with one attached hydrogen (secondary N) is 2. The summed E-state index contributed by atoms with van der Waals surface area (Å²) in [6, 6.07) is -0.779. The Bertz CT molecular complexity index is 294. The van der Waals surface area contributed by atoms with Crippen LogP contribution in [0.5, 0.6) is 0 Å². The summed E-state index contributed by atoms with van der Waals surface area (Å²) >= 11 is 5.33. The maximum atomic E-state index is 11.3. The number of hydrogen-bond acceptors (Lipinski definition) is 3. The van der Waals surface area contributed by atoms with E-state index < -0.39 is 23.8 Å².